The van der Waals surface area contributed by atoms with E-state index in [1.807, 2.05) is 6.07 Å². The predicted molar refractivity (Wildman–Crippen MR) is 54.0 cm³/mol. The Morgan fingerprint density at radius 1 is 1.67 bits per heavy atom. The molecule has 15 heavy (non-hydrogen) atoms. The van der Waals surface area contributed by atoms with Gasteiger partial charge >= 0.3 is 0 Å². The zero-order chi connectivity index (χ0) is 10.5. The van der Waals surface area contributed by atoms with Crippen molar-refractivity contribution in [2.45, 2.75) is 31.8 Å². The molecule has 1 fully saturated rings. The van der Waals surface area contributed by atoms with E-state index in [1.54, 1.807) is 6.20 Å². The van der Waals surface area contributed by atoms with Gasteiger partial charge in [0.15, 0.2) is 0 Å². The Balaban J connectivity index is 1.80. The summed E-state index contributed by atoms with van der Waals surface area (Å²) in [6.07, 6.45) is 4.22. The van der Waals surface area contributed by atoms with Gasteiger partial charge in [-0.1, -0.05) is 5.16 Å². The Hall–Kier alpha value is -1.36. The summed E-state index contributed by atoms with van der Waals surface area (Å²) < 4.78 is 4.97. The van der Waals surface area contributed by atoms with Gasteiger partial charge in [0.25, 0.3) is 0 Å². The largest absolute Gasteiger partial charge is 0.360 e. The van der Waals surface area contributed by atoms with Gasteiger partial charge in [-0.3, -0.25) is 4.79 Å². The summed E-state index contributed by atoms with van der Waals surface area (Å²) in [6.45, 7) is 1.43. The zero-order valence-electron chi connectivity index (χ0n) is 8.53. The van der Waals surface area contributed by atoms with E-state index in [2.05, 4.69) is 15.8 Å². The van der Waals surface area contributed by atoms with Crippen molar-refractivity contribution in [3.05, 3.63) is 18.0 Å². The third-order valence-electron chi connectivity index (χ3n) is 2.54. The van der Waals surface area contributed by atoms with Crippen molar-refractivity contribution < 1.29 is 9.32 Å². The highest BCUT2D eigenvalue weighted by molar-refractivity contribution is 5.76. The Morgan fingerprint density at radius 2 is 2.60 bits per heavy atom. The lowest BCUT2D eigenvalue weighted by Crippen LogP contribution is -2.32. The van der Waals surface area contributed by atoms with E-state index in [1.165, 1.54) is 0 Å². The summed E-state index contributed by atoms with van der Waals surface area (Å²) in [4.78, 5) is 11.3. The molecule has 0 aromatic carbocycles. The Bertz CT molecular complexity index is 310. The second-order valence-electron chi connectivity index (χ2n) is 3.75. The van der Waals surface area contributed by atoms with E-state index in [0.29, 0.717) is 13.0 Å². The molecule has 1 atom stereocenters. The monoisotopic (exact) mass is 209 g/mol. The van der Waals surface area contributed by atoms with Gasteiger partial charge in [-0.05, 0) is 12.8 Å². The normalized spacial score (nSPS) is 22.1. The summed E-state index contributed by atoms with van der Waals surface area (Å²) in [5.74, 6) is 0.933. The number of hydrogen-bond donors (Lipinski definition) is 2. The molecule has 2 heterocycles. The van der Waals surface area contributed by atoms with Crippen LogP contribution >= 0.6 is 0 Å². The average molecular weight is 209 g/mol. The molecule has 5 nitrogen and oxygen atoms in total. The fraction of sp³-hybridized carbons (Fsp3) is 0.600. The quantitative estimate of drug-likeness (QED) is 0.757. The number of hydrogen-bond acceptors (Lipinski definition) is 4. The predicted octanol–water partition coefficient (Wildman–Crippen LogP) is 0.433. The lowest BCUT2D eigenvalue weighted by Gasteiger charge is -2.13. The minimum atomic E-state index is 0.127. The second-order valence-corrected chi connectivity index (χ2v) is 3.75. The number of aromatic nitrogens is 1. The van der Waals surface area contributed by atoms with Crippen LogP contribution in [-0.2, 0) is 11.3 Å². The highest BCUT2D eigenvalue weighted by Gasteiger charge is 2.16. The molecule has 82 valence electrons. The van der Waals surface area contributed by atoms with Crippen LogP contribution in [0.25, 0.3) is 0 Å². The highest BCUT2D eigenvalue weighted by Crippen LogP contribution is 2.07. The molecule has 1 aromatic heterocycles. The topological polar surface area (TPSA) is 67.2 Å². The van der Waals surface area contributed by atoms with Gasteiger partial charge in [-0.15, -0.1) is 0 Å². The van der Waals surface area contributed by atoms with Crippen molar-refractivity contribution in [1.82, 2.24) is 15.8 Å². The molecule has 1 saturated heterocycles. The van der Waals surface area contributed by atoms with Crippen molar-refractivity contribution in [2.75, 3.05) is 6.54 Å². The molecule has 0 radical (unpaired) electrons. The van der Waals surface area contributed by atoms with Gasteiger partial charge in [-0.2, -0.15) is 0 Å². The van der Waals surface area contributed by atoms with Gasteiger partial charge in [0, 0.05) is 25.1 Å². The smallest absolute Gasteiger partial charge is 0.221 e. The molecule has 0 spiro atoms. The maximum atomic E-state index is 11.3. The first-order valence-electron chi connectivity index (χ1n) is 5.24. The van der Waals surface area contributed by atoms with Crippen LogP contribution in [-0.4, -0.2) is 23.7 Å². The fourth-order valence-electron chi connectivity index (χ4n) is 1.73. The van der Waals surface area contributed by atoms with Crippen LogP contribution in [0.4, 0.5) is 0 Å². The van der Waals surface area contributed by atoms with Crippen molar-refractivity contribution in [3.63, 3.8) is 0 Å². The molecule has 5 heteroatoms. The molecule has 0 saturated carbocycles. The Labute approximate surface area is 88.2 Å². The Morgan fingerprint density at radius 3 is 3.40 bits per heavy atom. The molecular formula is C10H15N3O2. The molecule has 1 aromatic rings. The minimum absolute atomic E-state index is 0.127. The highest BCUT2D eigenvalue weighted by atomic mass is 16.5. The maximum absolute atomic E-state index is 11.3. The first-order chi connectivity index (χ1) is 7.34. The van der Waals surface area contributed by atoms with Crippen LogP contribution in [0.3, 0.4) is 0 Å². The first-order valence-corrected chi connectivity index (χ1v) is 5.24. The lowest BCUT2D eigenvalue weighted by molar-refractivity contribution is -0.121. The van der Waals surface area contributed by atoms with E-state index < -0.39 is 0 Å². The number of nitrogens with zero attached hydrogens (tertiary/aromatic N) is 1. The molecular weight excluding hydrogens is 194 g/mol. The van der Waals surface area contributed by atoms with E-state index in [-0.39, 0.29) is 11.9 Å². The molecule has 1 aliphatic rings. The standard InChI is InChI=1S/C10H15N3O2/c14-10-6-8(2-1-4-11-10)12-7-9-3-5-13-15-9/h3,5,8,12H,1-2,4,6-7H2,(H,11,14). The fourth-order valence-corrected chi connectivity index (χ4v) is 1.73. The van der Waals surface area contributed by atoms with Crippen LogP contribution in [0.15, 0.2) is 16.8 Å². The van der Waals surface area contributed by atoms with Gasteiger partial charge in [0.05, 0.1) is 12.7 Å². The average Bonchev–Trinajstić information content (AvgIpc) is 2.65. The minimum Gasteiger partial charge on any atom is -0.360 e. The summed E-state index contributed by atoms with van der Waals surface area (Å²) in [6, 6.07) is 2.07. The first kappa shape index (κ1) is 10.2. The Kier molecular flexibility index (Phi) is 3.34. The van der Waals surface area contributed by atoms with E-state index >= 15 is 0 Å². The number of amides is 1. The molecule has 2 N–H and O–H groups in total. The van der Waals surface area contributed by atoms with Crippen molar-refractivity contribution >= 4 is 5.91 Å². The SMILES string of the molecule is O=C1CC(NCc2ccno2)CCCN1. The number of rotatable bonds is 3. The van der Waals surface area contributed by atoms with Crippen LogP contribution in [0.2, 0.25) is 0 Å². The molecule has 0 aliphatic carbocycles. The van der Waals surface area contributed by atoms with Crippen molar-refractivity contribution in [3.8, 4) is 0 Å². The zero-order valence-corrected chi connectivity index (χ0v) is 8.53. The van der Waals surface area contributed by atoms with Crippen molar-refractivity contribution in [1.29, 1.82) is 0 Å². The van der Waals surface area contributed by atoms with Crippen LogP contribution < -0.4 is 10.6 Å². The van der Waals surface area contributed by atoms with Crippen LogP contribution in [0, 0.1) is 0 Å². The van der Waals surface area contributed by atoms with E-state index in [9.17, 15) is 4.79 Å². The van der Waals surface area contributed by atoms with Gasteiger partial charge in [0.1, 0.15) is 5.76 Å². The number of carbonyl (C=O) groups is 1. The third-order valence-corrected chi connectivity index (χ3v) is 2.54. The summed E-state index contributed by atoms with van der Waals surface area (Å²) in [5.41, 5.74) is 0. The van der Waals surface area contributed by atoms with Gasteiger partial charge in [-0.25, -0.2) is 0 Å². The van der Waals surface area contributed by atoms with Crippen molar-refractivity contribution in [2.24, 2.45) is 0 Å². The molecule has 2 rings (SSSR count). The number of carbonyl (C=O) groups excluding carboxylic acids is 1. The molecule has 1 aliphatic heterocycles. The van der Waals surface area contributed by atoms with Crippen LogP contribution in [0.5, 0.6) is 0 Å². The summed E-state index contributed by atoms with van der Waals surface area (Å²) >= 11 is 0. The lowest BCUT2D eigenvalue weighted by atomic mass is 10.1. The third kappa shape index (κ3) is 3.06. The molecule has 1 unspecified atom stereocenters. The van der Waals surface area contributed by atoms with Crippen LogP contribution in [0.1, 0.15) is 25.0 Å². The maximum Gasteiger partial charge on any atom is 0.221 e. The molecule has 0 bridgehead atoms. The van der Waals surface area contributed by atoms with E-state index in [4.69, 9.17) is 4.52 Å². The summed E-state index contributed by atoms with van der Waals surface area (Å²) in [7, 11) is 0. The van der Waals surface area contributed by atoms with E-state index in [0.717, 1.165) is 25.1 Å². The second kappa shape index (κ2) is 4.93. The molecule has 1 amide bonds. The van der Waals surface area contributed by atoms with Gasteiger partial charge < -0.3 is 15.2 Å². The number of nitrogens with one attached hydrogen (secondary N) is 2. The van der Waals surface area contributed by atoms with Gasteiger partial charge in [0.2, 0.25) is 5.91 Å². The summed E-state index contributed by atoms with van der Waals surface area (Å²) in [5, 5.41) is 9.78.